The first-order valence-corrected chi connectivity index (χ1v) is 7.99. The number of methoxy groups -OCH3 is 1. The van der Waals surface area contributed by atoms with Crippen molar-refractivity contribution in [3.8, 4) is 0 Å². The Morgan fingerprint density at radius 2 is 1.72 bits per heavy atom. The highest BCUT2D eigenvalue weighted by atomic mass is 16.6. The van der Waals surface area contributed by atoms with Crippen molar-refractivity contribution >= 4 is 18.0 Å². The van der Waals surface area contributed by atoms with E-state index in [-0.39, 0.29) is 18.9 Å². The summed E-state index contributed by atoms with van der Waals surface area (Å²) in [7, 11) is 1.29. The summed E-state index contributed by atoms with van der Waals surface area (Å²) in [6, 6.07) is 6.04. The number of alkyl carbamates (subject to hydrolysis) is 1. The van der Waals surface area contributed by atoms with Crippen LogP contribution in [0.25, 0.3) is 0 Å². The van der Waals surface area contributed by atoms with Crippen molar-refractivity contribution in [2.45, 2.75) is 50.7 Å². The molecule has 0 atom stereocenters. The molecule has 1 aromatic carbocycles. The molecule has 0 radical (unpaired) electrons. The molecule has 0 aliphatic heterocycles. The molecule has 25 heavy (non-hydrogen) atoms. The fourth-order valence-electron chi connectivity index (χ4n) is 2.93. The van der Waals surface area contributed by atoms with E-state index in [9.17, 15) is 19.5 Å². The van der Waals surface area contributed by atoms with Gasteiger partial charge in [-0.1, -0.05) is 12.1 Å². The first kappa shape index (κ1) is 18.8. The molecule has 1 fully saturated rings. The molecule has 1 amide bonds. The third-order valence-electron chi connectivity index (χ3n) is 4.18. The lowest BCUT2D eigenvalue weighted by molar-refractivity contribution is -0.148. The summed E-state index contributed by atoms with van der Waals surface area (Å²) in [5, 5.41) is 12.4. The average molecular weight is 349 g/mol. The predicted octanol–water partition coefficient (Wildman–Crippen LogP) is 2.48. The lowest BCUT2D eigenvalue weighted by Crippen LogP contribution is -2.57. The second-order valence-electron chi connectivity index (χ2n) is 7.21. The maximum atomic E-state index is 11.8. The molecular formula is C18H23NO6. The van der Waals surface area contributed by atoms with Gasteiger partial charge in [0.2, 0.25) is 0 Å². The van der Waals surface area contributed by atoms with Gasteiger partial charge in [-0.25, -0.2) is 9.59 Å². The van der Waals surface area contributed by atoms with Crippen LogP contribution in [0, 0.1) is 0 Å². The number of aliphatic carboxylic acids is 1. The van der Waals surface area contributed by atoms with Gasteiger partial charge in [-0.05, 0) is 51.3 Å². The Morgan fingerprint density at radius 3 is 2.16 bits per heavy atom. The first-order chi connectivity index (χ1) is 11.6. The van der Waals surface area contributed by atoms with Gasteiger partial charge in [0, 0.05) is 6.04 Å². The zero-order chi connectivity index (χ0) is 18.8. The van der Waals surface area contributed by atoms with Gasteiger partial charge in [0.25, 0.3) is 0 Å². The topological polar surface area (TPSA) is 102 Å². The number of amides is 1. The molecule has 1 aliphatic carbocycles. The summed E-state index contributed by atoms with van der Waals surface area (Å²) in [5.41, 5.74) is -0.736. The SMILES string of the molecule is COC(=O)c1ccc(C2(C(=O)O)CC(NC(=O)OC(C)(C)C)C2)cc1. The second kappa shape index (κ2) is 6.74. The molecule has 7 heteroatoms. The molecule has 0 unspecified atom stereocenters. The summed E-state index contributed by atoms with van der Waals surface area (Å²) < 4.78 is 9.82. The van der Waals surface area contributed by atoms with Gasteiger partial charge in [0.1, 0.15) is 5.60 Å². The van der Waals surface area contributed by atoms with Crippen LogP contribution in [0.5, 0.6) is 0 Å². The van der Waals surface area contributed by atoms with Gasteiger partial charge < -0.3 is 19.9 Å². The number of esters is 1. The Kier molecular flexibility index (Phi) is 5.06. The zero-order valence-electron chi connectivity index (χ0n) is 14.8. The van der Waals surface area contributed by atoms with Crippen molar-refractivity contribution in [2.24, 2.45) is 0 Å². The normalized spacial score (nSPS) is 22.5. The number of rotatable bonds is 4. The highest BCUT2D eigenvalue weighted by Crippen LogP contribution is 2.44. The van der Waals surface area contributed by atoms with Gasteiger partial charge in [0.15, 0.2) is 0 Å². The molecule has 0 bridgehead atoms. The van der Waals surface area contributed by atoms with E-state index < -0.39 is 29.0 Å². The van der Waals surface area contributed by atoms with Crippen molar-refractivity contribution in [3.05, 3.63) is 35.4 Å². The fourth-order valence-corrected chi connectivity index (χ4v) is 2.93. The molecule has 0 aromatic heterocycles. The lowest BCUT2D eigenvalue weighted by atomic mass is 9.61. The zero-order valence-corrected chi connectivity index (χ0v) is 14.8. The molecule has 1 aromatic rings. The molecule has 7 nitrogen and oxygen atoms in total. The minimum absolute atomic E-state index is 0.263. The Morgan fingerprint density at radius 1 is 1.16 bits per heavy atom. The van der Waals surface area contributed by atoms with E-state index >= 15 is 0 Å². The minimum Gasteiger partial charge on any atom is -0.481 e. The van der Waals surface area contributed by atoms with Crippen molar-refractivity contribution < 1.29 is 29.0 Å². The minimum atomic E-state index is -1.08. The summed E-state index contributed by atoms with van der Waals surface area (Å²) in [6.45, 7) is 5.28. The van der Waals surface area contributed by atoms with Gasteiger partial charge in [0.05, 0.1) is 18.1 Å². The molecule has 1 saturated carbocycles. The largest absolute Gasteiger partial charge is 0.481 e. The molecule has 2 rings (SSSR count). The predicted molar refractivity (Wildman–Crippen MR) is 89.5 cm³/mol. The molecule has 1 aliphatic rings. The first-order valence-electron chi connectivity index (χ1n) is 7.99. The van der Waals surface area contributed by atoms with Gasteiger partial charge >= 0.3 is 18.0 Å². The number of ether oxygens (including phenoxy) is 2. The third kappa shape index (κ3) is 4.10. The summed E-state index contributed by atoms with van der Waals surface area (Å²) in [5.74, 6) is -1.44. The van der Waals surface area contributed by atoms with Crippen LogP contribution in [-0.4, -0.2) is 41.9 Å². The Balaban J connectivity index is 2.07. The van der Waals surface area contributed by atoms with Crippen LogP contribution in [0.4, 0.5) is 4.79 Å². The average Bonchev–Trinajstić information content (AvgIpc) is 2.47. The van der Waals surface area contributed by atoms with E-state index in [1.165, 1.54) is 7.11 Å². The number of carboxylic acids is 1. The van der Waals surface area contributed by atoms with Crippen LogP contribution in [-0.2, 0) is 19.7 Å². The van der Waals surface area contributed by atoms with Crippen molar-refractivity contribution in [1.29, 1.82) is 0 Å². The van der Waals surface area contributed by atoms with Crippen LogP contribution in [0.1, 0.15) is 49.5 Å². The summed E-state index contributed by atoms with van der Waals surface area (Å²) >= 11 is 0. The molecule has 136 valence electrons. The summed E-state index contributed by atoms with van der Waals surface area (Å²) in [6.07, 6.45) is -0.0318. The Hall–Kier alpha value is -2.57. The number of carbonyl (C=O) groups is 3. The number of hydrogen-bond acceptors (Lipinski definition) is 5. The van der Waals surface area contributed by atoms with E-state index in [4.69, 9.17) is 4.74 Å². The molecule has 0 heterocycles. The number of benzene rings is 1. The van der Waals surface area contributed by atoms with Gasteiger partial charge in [-0.15, -0.1) is 0 Å². The van der Waals surface area contributed by atoms with Crippen molar-refractivity contribution in [1.82, 2.24) is 5.32 Å². The summed E-state index contributed by atoms with van der Waals surface area (Å²) in [4.78, 5) is 35.1. The van der Waals surface area contributed by atoms with E-state index in [0.717, 1.165) is 0 Å². The van der Waals surface area contributed by atoms with E-state index in [1.807, 2.05) is 0 Å². The number of hydrogen-bond donors (Lipinski definition) is 2. The lowest BCUT2D eigenvalue weighted by Gasteiger charge is -2.45. The van der Waals surface area contributed by atoms with Crippen molar-refractivity contribution in [3.63, 3.8) is 0 Å². The quantitative estimate of drug-likeness (QED) is 0.810. The van der Waals surface area contributed by atoms with Crippen LogP contribution in [0.3, 0.4) is 0 Å². The van der Waals surface area contributed by atoms with Crippen LogP contribution in [0.2, 0.25) is 0 Å². The molecular weight excluding hydrogens is 326 g/mol. The van der Waals surface area contributed by atoms with Crippen LogP contribution >= 0.6 is 0 Å². The third-order valence-corrected chi connectivity index (χ3v) is 4.18. The van der Waals surface area contributed by atoms with E-state index in [1.54, 1.807) is 45.0 Å². The maximum absolute atomic E-state index is 11.8. The molecule has 0 saturated heterocycles. The fraction of sp³-hybridized carbons (Fsp3) is 0.500. The second-order valence-corrected chi connectivity index (χ2v) is 7.21. The smallest absolute Gasteiger partial charge is 0.407 e. The van der Waals surface area contributed by atoms with Crippen LogP contribution < -0.4 is 5.32 Å². The number of nitrogens with one attached hydrogen (secondary N) is 1. The molecule has 0 spiro atoms. The van der Waals surface area contributed by atoms with E-state index in [0.29, 0.717) is 11.1 Å². The number of carboxylic acid groups (broad SMARTS) is 1. The Bertz CT molecular complexity index is 668. The van der Waals surface area contributed by atoms with Gasteiger partial charge in [-0.3, -0.25) is 4.79 Å². The van der Waals surface area contributed by atoms with E-state index in [2.05, 4.69) is 10.1 Å². The highest BCUT2D eigenvalue weighted by molar-refractivity contribution is 5.90. The molecule has 2 N–H and O–H groups in total. The maximum Gasteiger partial charge on any atom is 0.407 e. The van der Waals surface area contributed by atoms with Crippen LogP contribution in [0.15, 0.2) is 24.3 Å². The monoisotopic (exact) mass is 349 g/mol. The standard InChI is InChI=1S/C18H23NO6/c1-17(2,3)25-16(23)19-13-9-18(10-13,15(21)22)12-7-5-11(6-8-12)14(20)24-4/h5-8,13H,9-10H2,1-4H3,(H,19,23)(H,21,22). The number of carbonyl (C=O) groups excluding carboxylic acids is 2. The van der Waals surface area contributed by atoms with Gasteiger partial charge in [-0.2, -0.15) is 0 Å². The Labute approximate surface area is 146 Å². The highest BCUT2D eigenvalue weighted by Gasteiger charge is 2.52. The van der Waals surface area contributed by atoms with Crippen molar-refractivity contribution in [2.75, 3.05) is 7.11 Å².